The Kier molecular flexibility index (Phi) is 5.85. The molecule has 12 heteroatoms. The molecule has 0 radical (unpaired) electrons. The van der Waals surface area contributed by atoms with Crippen LogP contribution in [0.15, 0.2) is 30.7 Å². The van der Waals surface area contributed by atoms with Crippen LogP contribution in [0, 0.1) is 10.8 Å². The van der Waals surface area contributed by atoms with E-state index in [1.165, 1.54) is 15.8 Å². The van der Waals surface area contributed by atoms with Gasteiger partial charge in [0.25, 0.3) is 0 Å². The Balaban J connectivity index is 1.41. The SMILES string of the molecule is CC(C)N(C=N)C(=N)c1cccc(N2CCN(C3CC(n4cnc(C(F)(F)F)c4)C3)C2=O)n1. The van der Waals surface area contributed by atoms with E-state index in [-0.39, 0.29) is 30.0 Å². The summed E-state index contributed by atoms with van der Waals surface area (Å²) in [6, 6.07) is 4.63. The molecule has 0 spiro atoms. The molecule has 176 valence electrons. The molecule has 2 aromatic rings. The van der Waals surface area contributed by atoms with E-state index < -0.39 is 11.9 Å². The van der Waals surface area contributed by atoms with E-state index in [2.05, 4.69) is 9.97 Å². The van der Waals surface area contributed by atoms with Gasteiger partial charge >= 0.3 is 12.2 Å². The largest absolute Gasteiger partial charge is 0.434 e. The van der Waals surface area contributed by atoms with Gasteiger partial charge in [0, 0.05) is 37.4 Å². The molecule has 1 saturated carbocycles. The van der Waals surface area contributed by atoms with Crippen molar-refractivity contribution in [2.45, 2.75) is 51.0 Å². The third-order valence-corrected chi connectivity index (χ3v) is 6.09. The molecule has 0 unspecified atom stereocenters. The number of carbonyl (C=O) groups excluding carboxylic acids is 1. The molecule has 1 aliphatic carbocycles. The van der Waals surface area contributed by atoms with Crippen LogP contribution in [0.25, 0.3) is 0 Å². The number of halogens is 3. The lowest BCUT2D eigenvalue weighted by molar-refractivity contribution is -0.141. The van der Waals surface area contributed by atoms with E-state index in [1.54, 1.807) is 28.0 Å². The van der Waals surface area contributed by atoms with Crippen molar-refractivity contribution in [3.8, 4) is 0 Å². The van der Waals surface area contributed by atoms with E-state index in [9.17, 15) is 18.0 Å². The molecule has 4 rings (SSSR count). The van der Waals surface area contributed by atoms with Gasteiger partial charge in [-0.05, 0) is 38.8 Å². The van der Waals surface area contributed by atoms with Gasteiger partial charge in [0.2, 0.25) is 0 Å². The van der Waals surface area contributed by atoms with Gasteiger partial charge in [-0.15, -0.1) is 0 Å². The van der Waals surface area contributed by atoms with Crippen LogP contribution in [0.2, 0.25) is 0 Å². The summed E-state index contributed by atoms with van der Waals surface area (Å²) in [6.07, 6.45) is -0.0568. The second-order valence-corrected chi connectivity index (χ2v) is 8.47. The number of anilines is 1. The maximum absolute atomic E-state index is 13.0. The Morgan fingerprint density at radius 1 is 1.24 bits per heavy atom. The van der Waals surface area contributed by atoms with Crippen LogP contribution < -0.4 is 4.90 Å². The summed E-state index contributed by atoms with van der Waals surface area (Å²) in [5.74, 6) is 0.504. The van der Waals surface area contributed by atoms with Gasteiger partial charge in [0.15, 0.2) is 11.5 Å². The maximum atomic E-state index is 13.0. The number of aromatic nitrogens is 3. The highest BCUT2D eigenvalue weighted by Gasteiger charge is 2.43. The third-order valence-electron chi connectivity index (χ3n) is 6.09. The van der Waals surface area contributed by atoms with Crippen molar-refractivity contribution in [3.63, 3.8) is 0 Å². The Labute approximate surface area is 188 Å². The molecule has 2 N–H and O–H groups in total. The first kappa shape index (κ1) is 22.7. The highest BCUT2D eigenvalue weighted by Crippen LogP contribution is 2.39. The summed E-state index contributed by atoms with van der Waals surface area (Å²) in [6.45, 7) is 4.66. The average molecular weight is 462 g/mol. The molecular formula is C21H25F3N8O. The first-order valence-corrected chi connectivity index (χ1v) is 10.6. The van der Waals surface area contributed by atoms with Crippen LogP contribution in [0.1, 0.15) is 44.1 Å². The Morgan fingerprint density at radius 3 is 2.58 bits per heavy atom. The Morgan fingerprint density at radius 2 is 1.97 bits per heavy atom. The Hall–Kier alpha value is -3.44. The molecule has 3 heterocycles. The number of imidazole rings is 1. The second-order valence-electron chi connectivity index (χ2n) is 8.47. The highest BCUT2D eigenvalue weighted by molar-refractivity contribution is 6.01. The van der Waals surface area contributed by atoms with Gasteiger partial charge in [-0.2, -0.15) is 13.2 Å². The van der Waals surface area contributed by atoms with Crippen molar-refractivity contribution in [1.82, 2.24) is 24.3 Å². The van der Waals surface area contributed by atoms with Gasteiger partial charge in [0.1, 0.15) is 11.5 Å². The number of nitrogens with zero attached hydrogens (tertiary/aromatic N) is 6. The van der Waals surface area contributed by atoms with Crippen LogP contribution in [0.3, 0.4) is 0 Å². The average Bonchev–Trinajstić information content (AvgIpc) is 3.35. The van der Waals surface area contributed by atoms with E-state index in [1.807, 2.05) is 13.8 Å². The number of pyridine rings is 1. The van der Waals surface area contributed by atoms with Gasteiger partial charge in [-0.1, -0.05) is 6.07 Å². The molecule has 0 atom stereocenters. The minimum atomic E-state index is -4.47. The second kappa shape index (κ2) is 8.49. The van der Waals surface area contributed by atoms with Gasteiger partial charge in [-0.25, -0.2) is 14.8 Å². The van der Waals surface area contributed by atoms with E-state index in [4.69, 9.17) is 10.8 Å². The predicted octanol–water partition coefficient (Wildman–Crippen LogP) is 3.59. The summed E-state index contributed by atoms with van der Waals surface area (Å²) < 4.78 is 39.8. The number of nitrogens with one attached hydrogen (secondary N) is 2. The lowest BCUT2D eigenvalue weighted by atomic mass is 9.85. The molecule has 1 saturated heterocycles. The number of hydrogen-bond acceptors (Lipinski definition) is 5. The smallest absolute Gasteiger partial charge is 0.334 e. The lowest BCUT2D eigenvalue weighted by Gasteiger charge is -2.41. The Bertz CT molecular complexity index is 1060. The molecule has 9 nitrogen and oxygen atoms in total. The van der Waals surface area contributed by atoms with Crippen LogP contribution in [0.5, 0.6) is 0 Å². The molecule has 1 aliphatic heterocycles. The lowest BCUT2D eigenvalue weighted by Crippen LogP contribution is -2.47. The van der Waals surface area contributed by atoms with E-state index in [0.29, 0.717) is 37.4 Å². The summed E-state index contributed by atoms with van der Waals surface area (Å²) >= 11 is 0. The van der Waals surface area contributed by atoms with Crippen LogP contribution in [-0.4, -0.2) is 67.7 Å². The molecule has 2 aromatic heterocycles. The molecule has 0 bridgehead atoms. The summed E-state index contributed by atoms with van der Waals surface area (Å²) in [7, 11) is 0. The molecule has 2 amide bonds. The minimum Gasteiger partial charge on any atom is -0.334 e. The molecular weight excluding hydrogens is 437 g/mol. The quantitative estimate of drug-likeness (QED) is 0.506. The fraction of sp³-hybridized carbons (Fsp3) is 0.476. The molecule has 2 fully saturated rings. The summed E-state index contributed by atoms with van der Waals surface area (Å²) in [5.41, 5.74) is -0.551. The van der Waals surface area contributed by atoms with Gasteiger partial charge < -0.3 is 14.4 Å². The fourth-order valence-corrected chi connectivity index (χ4v) is 4.15. The number of amides is 2. The van der Waals surface area contributed by atoms with Gasteiger partial charge in [0.05, 0.1) is 12.7 Å². The van der Waals surface area contributed by atoms with E-state index in [0.717, 1.165) is 12.5 Å². The third kappa shape index (κ3) is 4.29. The number of amidine groups is 1. The normalized spacial score (nSPS) is 20.8. The predicted molar refractivity (Wildman–Crippen MR) is 116 cm³/mol. The standard InChI is InChI=1S/C21H25F3N8O/c1-13(2)32(11-25)19(26)16-4-3-5-18(28-16)31-7-6-30(20(31)33)15-8-14(9-15)29-10-17(27-12-29)21(22,23)24/h3-5,10-15,25-26H,6-9H2,1-2H3. The molecule has 2 aliphatic rings. The number of alkyl halides is 3. The van der Waals surface area contributed by atoms with Crippen molar-refractivity contribution in [3.05, 3.63) is 42.1 Å². The van der Waals surface area contributed by atoms with Crippen LogP contribution in [0.4, 0.5) is 23.8 Å². The van der Waals surface area contributed by atoms with Gasteiger partial charge in [-0.3, -0.25) is 15.7 Å². The maximum Gasteiger partial charge on any atom is 0.434 e. The number of rotatable bonds is 6. The zero-order valence-corrected chi connectivity index (χ0v) is 18.3. The first-order chi connectivity index (χ1) is 15.6. The van der Waals surface area contributed by atoms with Crippen molar-refractivity contribution >= 4 is 24.0 Å². The molecule has 33 heavy (non-hydrogen) atoms. The molecule has 0 aromatic carbocycles. The number of carbonyl (C=O) groups is 1. The number of urea groups is 1. The zero-order chi connectivity index (χ0) is 23.9. The monoisotopic (exact) mass is 462 g/mol. The summed E-state index contributed by atoms with van der Waals surface area (Å²) in [5, 5.41) is 15.9. The van der Waals surface area contributed by atoms with Crippen molar-refractivity contribution in [1.29, 1.82) is 10.8 Å². The topological polar surface area (TPSA) is 105 Å². The fourth-order valence-electron chi connectivity index (χ4n) is 4.15. The first-order valence-electron chi connectivity index (χ1n) is 10.6. The van der Waals surface area contributed by atoms with Crippen molar-refractivity contribution < 1.29 is 18.0 Å². The highest BCUT2D eigenvalue weighted by atomic mass is 19.4. The van der Waals surface area contributed by atoms with Crippen LogP contribution >= 0.6 is 0 Å². The van der Waals surface area contributed by atoms with Crippen LogP contribution in [-0.2, 0) is 6.18 Å². The van der Waals surface area contributed by atoms with Crippen molar-refractivity contribution in [2.24, 2.45) is 0 Å². The minimum absolute atomic E-state index is 0.0555. The zero-order valence-electron chi connectivity index (χ0n) is 18.3. The van der Waals surface area contributed by atoms with Crippen molar-refractivity contribution in [2.75, 3.05) is 18.0 Å². The summed E-state index contributed by atoms with van der Waals surface area (Å²) in [4.78, 5) is 25.7. The number of hydrogen-bond donors (Lipinski definition) is 2. The van der Waals surface area contributed by atoms with E-state index >= 15 is 0 Å².